The Labute approximate surface area is 95.6 Å². The number of hydrogen-bond donors (Lipinski definition) is 1. The molecule has 0 radical (unpaired) electrons. The second-order valence-corrected chi connectivity index (χ2v) is 4.55. The van der Waals surface area contributed by atoms with E-state index in [4.69, 9.17) is 9.26 Å². The fourth-order valence-electron chi connectivity index (χ4n) is 1.97. The van der Waals surface area contributed by atoms with Crippen LogP contribution in [0.15, 0.2) is 4.52 Å². The second kappa shape index (κ2) is 4.51. The van der Waals surface area contributed by atoms with Crippen molar-refractivity contribution in [1.82, 2.24) is 15.5 Å². The normalized spacial score (nSPS) is 27.9. The summed E-state index contributed by atoms with van der Waals surface area (Å²) in [5.74, 6) is 1.29. The predicted molar refractivity (Wildman–Crippen MR) is 58.9 cm³/mol. The van der Waals surface area contributed by atoms with E-state index in [1.807, 2.05) is 6.92 Å². The summed E-state index contributed by atoms with van der Waals surface area (Å²) in [5, 5.41) is 7.40. The molecule has 2 unspecified atom stereocenters. The minimum Gasteiger partial charge on any atom is -0.374 e. The molecule has 5 nitrogen and oxygen atoms in total. The molecule has 1 aromatic heterocycles. The highest BCUT2D eigenvalue weighted by atomic mass is 16.5. The number of nitrogens with zero attached hydrogens (tertiary/aromatic N) is 2. The van der Waals surface area contributed by atoms with Crippen LogP contribution in [0.5, 0.6) is 0 Å². The topological polar surface area (TPSA) is 60.2 Å². The molecule has 2 rings (SSSR count). The van der Waals surface area contributed by atoms with Crippen molar-refractivity contribution in [2.45, 2.75) is 44.8 Å². The maximum absolute atomic E-state index is 5.33. The van der Waals surface area contributed by atoms with Crippen LogP contribution in [0.1, 0.15) is 50.9 Å². The van der Waals surface area contributed by atoms with Crippen LogP contribution in [0.3, 0.4) is 0 Å². The first kappa shape index (κ1) is 11.5. The Balaban J connectivity index is 2.17. The zero-order valence-corrected chi connectivity index (χ0v) is 10.1. The monoisotopic (exact) mass is 225 g/mol. The smallest absolute Gasteiger partial charge is 0.246 e. The summed E-state index contributed by atoms with van der Waals surface area (Å²) in [6.07, 6.45) is 3.33. The van der Waals surface area contributed by atoms with Crippen LogP contribution in [-0.2, 0) is 10.3 Å². The summed E-state index contributed by atoms with van der Waals surface area (Å²) in [6.45, 7) is 5.03. The minimum absolute atomic E-state index is 0.121. The van der Waals surface area contributed by atoms with Crippen LogP contribution < -0.4 is 5.32 Å². The van der Waals surface area contributed by atoms with Gasteiger partial charge >= 0.3 is 0 Å². The number of rotatable bonds is 3. The van der Waals surface area contributed by atoms with Gasteiger partial charge in [0.2, 0.25) is 5.89 Å². The van der Waals surface area contributed by atoms with Gasteiger partial charge in [-0.25, -0.2) is 0 Å². The van der Waals surface area contributed by atoms with E-state index in [0.717, 1.165) is 13.0 Å². The zero-order chi connectivity index (χ0) is 11.6. The lowest BCUT2D eigenvalue weighted by atomic mass is 9.91. The number of nitrogens with one attached hydrogen (secondary N) is 1. The van der Waals surface area contributed by atoms with E-state index < -0.39 is 0 Å². The molecule has 1 aromatic rings. The summed E-state index contributed by atoms with van der Waals surface area (Å²) >= 11 is 0. The molecule has 16 heavy (non-hydrogen) atoms. The van der Waals surface area contributed by atoms with Gasteiger partial charge in [-0.1, -0.05) is 5.16 Å². The van der Waals surface area contributed by atoms with Gasteiger partial charge in [0.15, 0.2) is 5.82 Å². The third-order valence-electron chi connectivity index (χ3n) is 3.25. The maximum Gasteiger partial charge on any atom is 0.246 e. The van der Waals surface area contributed by atoms with E-state index in [1.54, 1.807) is 7.11 Å². The maximum atomic E-state index is 5.33. The molecule has 5 heteroatoms. The fraction of sp³-hybridized carbons (Fsp3) is 0.818. The fourth-order valence-corrected chi connectivity index (χ4v) is 1.97. The van der Waals surface area contributed by atoms with E-state index in [-0.39, 0.29) is 11.6 Å². The lowest BCUT2D eigenvalue weighted by Gasteiger charge is -2.31. The lowest BCUT2D eigenvalue weighted by molar-refractivity contribution is 0.109. The molecule has 1 N–H and O–H groups in total. The molecule has 0 aromatic carbocycles. The van der Waals surface area contributed by atoms with Gasteiger partial charge < -0.3 is 14.6 Å². The standard InChI is InChI=1S/C11H19N3O2/c1-8(15-3)9-13-10(16-14-9)11(2)6-4-5-7-12-11/h8,12H,4-7H2,1-3H3. The van der Waals surface area contributed by atoms with E-state index in [1.165, 1.54) is 12.8 Å². The number of hydrogen-bond acceptors (Lipinski definition) is 5. The largest absolute Gasteiger partial charge is 0.374 e. The van der Waals surface area contributed by atoms with Gasteiger partial charge in [-0.2, -0.15) is 4.98 Å². The molecule has 0 amide bonds. The predicted octanol–water partition coefficient (Wildman–Crippen LogP) is 1.77. The molecule has 2 heterocycles. The second-order valence-electron chi connectivity index (χ2n) is 4.55. The van der Waals surface area contributed by atoms with Crippen LogP contribution >= 0.6 is 0 Å². The summed E-state index contributed by atoms with van der Waals surface area (Å²) in [4.78, 5) is 4.41. The number of methoxy groups -OCH3 is 1. The Morgan fingerprint density at radius 3 is 2.94 bits per heavy atom. The van der Waals surface area contributed by atoms with Crippen molar-refractivity contribution in [2.24, 2.45) is 0 Å². The first-order chi connectivity index (χ1) is 7.65. The quantitative estimate of drug-likeness (QED) is 0.849. The zero-order valence-electron chi connectivity index (χ0n) is 10.1. The Bertz CT molecular complexity index is 345. The Hall–Kier alpha value is -0.940. The highest BCUT2D eigenvalue weighted by Crippen LogP contribution is 2.29. The van der Waals surface area contributed by atoms with Gasteiger partial charge in [-0.3, -0.25) is 0 Å². The van der Waals surface area contributed by atoms with Gasteiger partial charge in [0.1, 0.15) is 6.10 Å². The number of piperidine rings is 1. The van der Waals surface area contributed by atoms with Gasteiger partial charge in [0.05, 0.1) is 5.54 Å². The first-order valence-corrected chi connectivity index (χ1v) is 5.77. The molecule has 1 saturated heterocycles. The average Bonchev–Trinajstić information content (AvgIpc) is 2.79. The molecular formula is C11H19N3O2. The van der Waals surface area contributed by atoms with E-state index in [0.29, 0.717) is 11.7 Å². The Kier molecular flexibility index (Phi) is 3.25. The van der Waals surface area contributed by atoms with Crippen LogP contribution in [0.2, 0.25) is 0 Å². The van der Waals surface area contributed by atoms with Crippen molar-refractivity contribution >= 4 is 0 Å². The molecule has 1 aliphatic rings. The molecule has 90 valence electrons. The molecule has 1 fully saturated rings. The van der Waals surface area contributed by atoms with Crippen LogP contribution in [0.4, 0.5) is 0 Å². The summed E-state index contributed by atoms with van der Waals surface area (Å²) in [6, 6.07) is 0. The lowest BCUT2D eigenvalue weighted by Crippen LogP contribution is -2.43. The number of aromatic nitrogens is 2. The van der Waals surface area contributed by atoms with Crippen molar-refractivity contribution in [3.8, 4) is 0 Å². The summed E-state index contributed by atoms with van der Waals surface area (Å²) in [7, 11) is 1.64. The highest BCUT2D eigenvalue weighted by Gasteiger charge is 2.34. The van der Waals surface area contributed by atoms with Crippen LogP contribution in [0.25, 0.3) is 0 Å². The SMILES string of the molecule is COC(C)c1noc(C2(C)CCCCN2)n1. The molecular weight excluding hydrogens is 206 g/mol. The molecule has 0 saturated carbocycles. The third kappa shape index (κ3) is 2.10. The molecule has 0 spiro atoms. The summed E-state index contributed by atoms with van der Waals surface area (Å²) in [5.41, 5.74) is -0.170. The minimum atomic E-state index is -0.170. The van der Waals surface area contributed by atoms with Crippen molar-refractivity contribution in [2.75, 3.05) is 13.7 Å². The van der Waals surface area contributed by atoms with E-state index in [9.17, 15) is 0 Å². The number of ether oxygens (including phenoxy) is 1. The third-order valence-corrected chi connectivity index (χ3v) is 3.25. The molecule has 0 bridgehead atoms. The van der Waals surface area contributed by atoms with Crippen LogP contribution in [0, 0.1) is 0 Å². The van der Waals surface area contributed by atoms with Crippen molar-refractivity contribution in [1.29, 1.82) is 0 Å². The van der Waals surface area contributed by atoms with Crippen molar-refractivity contribution in [3.05, 3.63) is 11.7 Å². The van der Waals surface area contributed by atoms with Gasteiger partial charge in [0, 0.05) is 7.11 Å². The summed E-state index contributed by atoms with van der Waals surface area (Å²) < 4.78 is 10.5. The van der Waals surface area contributed by atoms with Gasteiger partial charge in [-0.05, 0) is 39.7 Å². The van der Waals surface area contributed by atoms with Crippen LogP contribution in [-0.4, -0.2) is 23.8 Å². The van der Waals surface area contributed by atoms with Crippen molar-refractivity contribution in [3.63, 3.8) is 0 Å². The molecule has 2 atom stereocenters. The van der Waals surface area contributed by atoms with Gasteiger partial charge in [-0.15, -0.1) is 0 Å². The van der Waals surface area contributed by atoms with Gasteiger partial charge in [0.25, 0.3) is 0 Å². The first-order valence-electron chi connectivity index (χ1n) is 5.77. The molecule has 0 aliphatic carbocycles. The molecule has 1 aliphatic heterocycles. The Morgan fingerprint density at radius 1 is 1.50 bits per heavy atom. The van der Waals surface area contributed by atoms with E-state index in [2.05, 4.69) is 22.4 Å². The highest BCUT2D eigenvalue weighted by molar-refractivity contribution is 5.03. The Morgan fingerprint density at radius 2 is 2.31 bits per heavy atom. The van der Waals surface area contributed by atoms with Crippen molar-refractivity contribution < 1.29 is 9.26 Å². The van der Waals surface area contributed by atoms with E-state index >= 15 is 0 Å². The average molecular weight is 225 g/mol.